The van der Waals surface area contributed by atoms with Crippen molar-refractivity contribution in [2.45, 2.75) is 0 Å². The summed E-state index contributed by atoms with van der Waals surface area (Å²) in [5.74, 6) is -0.650. The Labute approximate surface area is 184 Å². The van der Waals surface area contributed by atoms with Crippen LogP contribution in [0.4, 0.5) is 0 Å². The molecule has 0 radical (unpaired) electrons. The molecule has 0 fully saturated rings. The van der Waals surface area contributed by atoms with Gasteiger partial charge in [-0.1, -0.05) is 66.7 Å². The molecule has 0 atom stereocenters. The molecule has 32 heavy (non-hydrogen) atoms. The molecule has 0 saturated carbocycles. The van der Waals surface area contributed by atoms with E-state index in [4.69, 9.17) is 9.47 Å². The van der Waals surface area contributed by atoms with E-state index >= 15 is 0 Å². The summed E-state index contributed by atoms with van der Waals surface area (Å²) >= 11 is 0. The van der Waals surface area contributed by atoms with Gasteiger partial charge in [0.1, 0.15) is 0 Å². The molecule has 0 N–H and O–H groups in total. The zero-order valence-corrected chi connectivity index (χ0v) is 17.0. The van der Waals surface area contributed by atoms with E-state index in [0.29, 0.717) is 16.5 Å². The highest BCUT2D eigenvalue weighted by Gasteiger charge is 2.19. The maximum absolute atomic E-state index is 12.9. The van der Waals surface area contributed by atoms with Crippen LogP contribution in [0.25, 0.3) is 21.5 Å². The molecule has 154 valence electrons. The lowest BCUT2D eigenvalue weighted by molar-refractivity contribution is 0.0684. The molecule has 0 aliphatic rings. The van der Waals surface area contributed by atoms with Crippen LogP contribution in [0.3, 0.4) is 0 Å². The quantitative estimate of drug-likeness (QED) is 0.192. The van der Waals surface area contributed by atoms with Gasteiger partial charge in [0.15, 0.2) is 11.5 Å². The molecule has 0 heterocycles. The third kappa shape index (κ3) is 3.82. The van der Waals surface area contributed by atoms with Gasteiger partial charge in [-0.15, -0.1) is 0 Å². The predicted octanol–water partition coefficient (Wildman–Crippen LogP) is 6.43. The van der Waals surface area contributed by atoms with Crippen molar-refractivity contribution in [3.05, 3.63) is 120 Å². The van der Waals surface area contributed by atoms with Crippen LogP contribution in [0.2, 0.25) is 0 Å². The van der Waals surface area contributed by atoms with Gasteiger partial charge < -0.3 is 9.47 Å². The van der Waals surface area contributed by atoms with E-state index < -0.39 is 11.9 Å². The van der Waals surface area contributed by atoms with Crippen LogP contribution in [0, 0.1) is 0 Å². The zero-order chi connectivity index (χ0) is 21.9. The number of hydrogen-bond acceptors (Lipinski definition) is 4. The first-order valence-corrected chi connectivity index (χ1v) is 10.2. The molecule has 4 heteroatoms. The smallest absolute Gasteiger partial charge is 0.343 e. The molecule has 0 aliphatic carbocycles. The van der Waals surface area contributed by atoms with Crippen molar-refractivity contribution < 1.29 is 19.1 Å². The minimum Gasteiger partial charge on any atom is -0.419 e. The second-order valence-corrected chi connectivity index (χ2v) is 7.32. The van der Waals surface area contributed by atoms with Gasteiger partial charge >= 0.3 is 11.9 Å². The van der Waals surface area contributed by atoms with Crippen LogP contribution in [0.5, 0.6) is 11.5 Å². The lowest BCUT2D eigenvalue weighted by Crippen LogP contribution is -2.13. The Hall–Kier alpha value is -4.44. The van der Waals surface area contributed by atoms with E-state index in [2.05, 4.69) is 0 Å². The fourth-order valence-electron chi connectivity index (χ4n) is 3.61. The van der Waals surface area contributed by atoms with Gasteiger partial charge in [0.25, 0.3) is 0 Å². The third-order valence-corrected chi connectivity index (χ3v) is 5.22. The summed E-state index contributed by atoms with van der Waals surface area (Å²) in [5.41, 5.74) is 0.817. The summed E-state index contributed by atoms with van der Waals surface area (Å²) in [7, 11) is 0. The molecular weight excluding hydrogens is 400 g/mol. The van der Waals surface area contributed by atoms with Crippen molar-refractivity contribution in [2.75, 3.05) is 0 Å². The average molecular weight is 418 g/mol. The Morgan fingerprint density at radius 3 is 1.66 bits per heavy atom. The first-order chi connectivity index (χ1) is 15.7. The van der Waals surface area contributed by atoms with Crippen molar-refractivity contribution in [3.63, 3.8) is 0 Å². The molecule has 4 nitrogen and oxygen atoms in total. The molecule has 0 spiro atoms. The predicted molar refractivity (Wildman–Crippen MR) is 124 cm³/mol. The van der Waals surface area contributed by atoms with Crippen molar-refractivity contribution in [1.29, 1.82) is 0 Å². The van der Waals surface area contributed by atoms with Crippen molar-refractivity contribution in [1.82, 2.24) is 0 Å². The van der Waals surface area contributed by atoms with Crippen LogP contribution in [0.15, 0.2) is 109 Å². The normalized spacial score (nSPS) is 10.8. The van der Waals surface area contributed by atoms with Gasteiger partial charge in [-0.25, -0.2) is 9.59 Å². The van der Waals surface area contributed by atoms with E-state index in [0.717, 1.165) is 16.2 Å². The summed E-state index contributed by atoms with van der Waals surface area (Å²) in [5, 5.41) is 3.61. The number of fused-ring (bicyclic) bond motifs is 2. The summed E-state index contributed by atoms with van der Waals surface area (Å²) in [6.07, 6.45) is 0. The van der Waals surface area contributed by atoms with Crippen molar-refractivity contribution >= 4 is 33.5 Å². The Bertz CT molecular complexity index is 1440. The minimum absolute atomic E-state index is 0.186. The Morgan fingerprint density at radius 2 is 1.03 bits per heavy atom. The average Bonchev–Trinajstić information content (AvgIpc) is 2.85. The number of carbonyl (C=O) groups is 2. The zero-order valence-electron chi connectivity index (χ0n) is 17.0. The van der Waals surface area contributed by atoms with Gasteiger partial charge in [-0.3, -0.25) is 0 Å². The van der Waals surface area contributed by atoms with E-state index in [1.165, 1.54) is 0 Å². The number of rotatable bonds is 4. The second kappa shape index (κ2) is 8.36. The van der Waals surface area contributed by atoms with Crippen molar-refractivity contribution in [2.24, 2.45) is 0 Å². The molecule has 0 unspecified atom stereocenters. The molecule has 0 saturated heterocycles. The van der Waals surface area contributed by atoms with Gasteiger partial charge in [-0.2, -0.15) is 0 Å². The molecule has 5 aromatic rings. The van der Waals surface area contributed by atoms with Gasteiger partial charge in [0.05, 0.1) is 11.1 Å². The van der Waals surface area contributed by atoms with Gasteiger partial charge in [0, 0.05) is 5.39 Å². The highest BCUT2D eigenvalue weighted by atomic mass is 16.6. The summed E-state index contributed by atoms with van der Waals surface area (Å²) in [6.45, 7) is 0. The van der Waals surface area contributed by atoms with E-state index in [-0.39, 0.29) is 11.5 Å². The van der Waals surface area contributed by atoms with E-state index in [1.54, 1.807) is 54.6 Å². The maximum Gasteiger partial charge on any atom is 0.343 e. The molecular formula is C28H18O4. The molecule has 0 amide bonds. The second-order valence-electron chi connectivity index (χ2n) is 7.32. The first kappa shape index (κ1) is 19.5. The number of hydrogen-bond donors (Lipinski definition) is 0. The molecule has 0 aliphatic heterocycles. The van der Waals surface area contributed by atoms with Crippen LogP contribution in [-0.2, 0) is 0 Å². The van der Waals surface area contributed by atoms with Crippen molar-refractivity contribution in [3.8, 4) is 11.5 Å². The Morgan fingerprint density at radius 1 is 0.500 bits per heavy atom. The van der Waals surface area contributed by atoms with Gasteiger partial charge in [-0.05, 0) is 58.6 Å². The Kier molecular flexibility index (Phi) is 5.10. The Balaban J connectivity index is 1.63. The molecule has 5 rings (SSSR count). The summed E-state index contributed by atoms with van der Waals surface area (Å²) < 4.78 is 11.5. The third-order valence-electron chi connectivity index (χ3n) is 5.22. The fourth-order valence-corrected chi connectivity index (χ4v) is 3.61. The lowest BCUT2D eigenvalue weighted by atomic mass is 10.0. The molecule has 0 bridgehead atoms. The summed E-state index contributed by atoms with van der Waals surface area (Å²) in [6, 6.07) is 32.8. The summed E-state index contributed by atoms with van der Waals surface area (Å²) in [4.78, 5) is 25.6. The van der Waals surface area contributed by atoms with E-state index in [9.17, 15) is 9.59 Å². The SMILES string of the molecule is O=C(Oc1ccc2cc3ccccc3cc2c1OC(=O)c1ccccc1)c1ccccc1. The molecule has 0 aromatic heterocycles. The fraction of sp³-hybridized carbons (Fsp3) is 0. The van der Waals surface area contributed by atoms with Crippen LogP contribution in [0.1, 0.15) is 20.7 Å². The largest absolute Gasteiger partial charge is 0.419 e. The lowest BCUT2D eigenvalue weighted by Gasteiger charge is -2.14. The monoisotopic (exact) mass is 418 g/mol. The van der Waals surface area contributed by atoms with Crippen LogP contribution in [-0.4, -0.2) is 11.9 Å². The topological polar surface area (TPSA) is 52.6 Å². The van der Waals surface area contributed by atoms with Crippen LogP contribution < -0.4 is 9.47 Å². The number of carbonyl (C=O) groups excluding carboxylic acids is 2. The van der Waals surface area contributed by atoms with Crippen LogP contribution >= 0.6 is 0 Å². The number of ether oxygens (including phenoxy) is 2. The van der Waals surface area contributed by atoms with Gasteiger partial charge in [0.2, 0.25) is 0 Å². The maximum atomic E-state index is 12.9. The highest BCUT2D eigenvalue weighted by molar-refractivity contribution is 6.04. The highest BCUT2D eigenvalue weighted by Crippen LogP contribution is 2.38. The number of esters is 2. The first-order valence-electron chi connectivity index (χ1n) is 10.2. The number of benzene rings is 5. The standard InChI is InChI=1S/C28H18O4/c29-27(19-9-3-1-4-10-19)31-25-16-15-23-17-21-13-7-8-14-22(21)18-24(23)26(25)32-28(30)20-11-5-2-6-12-20/h1-18H. The minimum atomic E-state index is -0.525. The molecule has 5 aromatic carbocycles. The van der Waals surface area contributed by atoms with E-state index in [1.807, 2.05) is 54.6 Å².